The summed E-state index contributed by atoms with van der Waals surface area (Å²) in [4.78, 5) is 0. The molecule has 0 spiro atoms. The topological polar surface area (TPSA) is 50.7 Å². The average molecular weight is 275 g/mol. The van der Waals surface area contributed by atoms with Crippen molar-refractivity contribution in [3.8, 4) is 0 Å². The first-order chi connectivity index (χ1) is 9.24. The number of hydrogen-bond donors (Lipinski definition) is 2. The van der Waals surface area contributed by atoms with Crippen LogP contribution in [0, 0.1) is 0 Å². The van der Waals surface area contributed by atoms with E-state index in [-0.39, 0.29) is 12.1 Å². The first-order valence-electron chi connectivity index (χ1n) is 7.76. The number of nitrogens with one attached hydrogen (secondary N) is 1. The third kappa shape index (κ3) is 9.38. The number of ether oxygens (including phenoxy) is 2. The molecular weight excluding hydrogens is 242 g/mol. The molecule has 0 saturated heterocycles. The first kappa shape index (κ1) is 18.8. The van der Waals surface area contributed by atoms with E-state index in [1.54, 1.807) is 0 Å². The third-order valence-corrected chi connectivity index (χ3v) is 3.49. The van der Waals surface area contributed by atoms with Crippen molar-refractivity contribution >= 4 is 0 Å². The van der Waals surface area contributed by atoms with Crippen molar-refractivity contribution in [3.63, 3.8) is 0 Å². The molecular formula is C15H33NO3. The Balaban J connectivity index is 3.50. The lowest BCUT2D eigenvalue weighted by atomic mass is 9.91. The van der Waals surface area contributed by atoms with Crippen molar-refractivity contribution < 1.29 is 14.6 Å². The monoisotopic (exact) mass is 275 g/mol. The molecule has 1 unspecified atom stereocenters. The van der Waals surface area contributed by atoms with Gasteiger partial charge in [-0.2, -0.15) is 0 Å². The van der Waals surface area contributed by atoms with E-state index >= 15 is 0 Å². The quantitative estimate of drug-likeness (QED) is 0.478. The zero-order valence-corrected chi connectivity index (χ0v) is 13.0. The summed E-state index contributed by atoms with van der Waals surface area (Å²) in [6.07, 6.45) is 5.15. The molecule has 116 valence electrons. The minimum absolute atomic E-state index is 0.129. The number of aliphatic hydroxyl groups excluding tert-OH is 1. The summed E-state index contributed by atoms with van der Waals surface area (Å²) >= 11 is 0. The van der Waals surface area contributed by atoms with E-state index in [1.807, 2.05) is 0 Å². The van der Waals surface area contributed by atoms with E-state index < -0.39 is 0 Å². The Labute approximate surface area is 118 Å². The molecule has 0 bridgehead atoms. The zero-order chi connectivity index (χ0) is 14.4. The summed E-state index contributed by atoms with van der Waals surface area (Å²) in [5.74, 6) is 0. The molecule has 4 nitrogen and oxygen atoms in total. The van der Waals surface area contributed by atoms with Gasteiger partial charge >= 0.3 is 0 Å². The Kier molecular flexibility index (Phi) is 12.7. The summed E-state index contributed by atoms with van der Waals surface area (Å²) in [7, 11) is 0. The van der Waals surface area contributed by atoms with Crippen LogP contribution < -0.4 is 5.32 Å². The van der Waals surface area contributed by atoms with Crippen molar-refractivity contribution in [1.82, 2.24) is 5.32 Å². The Hall–Kier alpha value is -0.160. The molecule has 0 aromatic rings. The molecule has 0 aliphatic rings. The summed E-state index contributed by atoms with van der Waals surface area (Å²) in [6.45, 7) is 10.4. The van der Waals surface area contributed by atoms with Gasteiger partial charge < -0.3 is 19.9 Å². The van der Waals surface area contributed by atoms with Gasteiger partial charge in [0, 0.05) is 18.8 Å². The summed E-state index contributed by atoms with van der Waals surface area (Å²) in [6, 6.07) is 0. The highest BCUT2D eigenvalue weighted by Gasteiger charge is 2.25. The molecule has 19 heavy (non-hydrogen) atoms. The lowest BCUT2D eigenvalue weighted by Crippen LogP contribution is -2.48. The van der Waals surface area contributed by atoms with Crippen LogP contribution in [0.25, 0.3) is 0 Å². The van der Waals surface area contributed by atoms with Gasteiger partial charge in [-0.25, -0.2) is 0 Å². The third-order valence-electron chi connectivity index (χ3n) is 3.49. The zero-order valence-electron chi connectivity index (χ0n) is 13.0. The number of hydrogen-bond acceptors (Lipinski definition) is 4. The van der Waals surface area contributed by atoms with Crippen LogP contribution in [0.15, 0.2) is 0 Å². The molecule has 0 heterocycles. The summed E-state index contributed by atoms with van der Waals surface area (Å²) in [5, 5.41) is 12.9. The molecule has 0 radical (unpaired) electrons. The van der Waals surface area contributed by atoms with E-state index in [0.29, 0.717) is 13.2 Å². The number of unbranched alkanes of at least 4 members (excludes halogenated alkanes) is 1. The summed E-state index contributed by atoms with van der Waals surface area (Å²) in [5.41, 5.74) is -0.129. The van der Waals surface area contributed by atoms with Crippen molar-refractivity contribution in [2.45, 2.75) is 58.4 Å². The van der Waals surface area contributed by atoms with E-state index in [1.165, 1.54) is 6.42 Å². The lowest BCUT2D eigenvalue weighted by Gasteiger charge is -2.31. The maximum Gasteiger partial charge on any atom is 0.0700 e. The SMILES string of the molecule is CCCCOCCOCCCC(CC)(CO)NCC. The van der Waals surface area contributed by atoms with Gasteiger partial charge in [-0.3, -0.25) is 0 Å². The van der Waals surface area contributed by atoms with Crippen molar-refractivity contribution in [1.29, 1.82) is 0 Å². The lowest BCUT2D eigenvalue weighted by molar-refractivity contribution is 0.0410. The van der Waals surface area contributed by atoms with Gasteiger partial charge in [-0.05, 0) is 32.2 Å². The van der Waals surface area contributed by atoms with Crippen molar-refractivity contribution in [2.75, 3.05) is 39.6 Å². The second-order valence-corrected chi connectivity index (χ2v) is 5.00. The van der Waals surface area contributed by atoms with Crippen molar-refractivity contribution in [2.24, 2.45) is 0 Å². The minimum atomic E-state index is -0.129. The molecule has 0 amide bonds. The van der Waals surface area contributed by atoms with Gasteiger partial charge in [0.05, 0.1) is 19.8 Å². The van der Waals surface area contributed by atoms with Crippen LogP contribution >= 0.6 is 0 Å². The van der Waals surface area contributed by atoms with Crippen LogP contribution in [-0.4, -0.2) is 50.2 Å². The molecule has 0 saturated carbocycles. The van der Waals surface area contributed by atoms with E-state index in [9.17, 15) is 5.11 Å². The van der Waals surface area contributed by atoms with Crippen LogP contribution in [0.1, 0.15) is 52.9 Å². The van der Waals surface area contributed by atoms with Crippen LogP contribution in [0.5, 0.6) is 0 Å². The van der Waals surface area contributed by atoms with Crippen LogP contribution in [0.3, 0.4) is 0 Å². The largest absolute Gasteiger partial charge is 0.394 e. The molecule has 2 N–H and O–H groups in total. The number of likely N-dealkylation sites (N-methyl/N-ethyl adjacent to an activating group) is 1. The normalized spacial score (nSPS) is 14.5. The van der Waals surface area contributed by atoms with Crippen LogP contribution in [0.4, 0.5) is 0 Å². The second-order valence-electron chi connectivity index (χ2n) is 5.00. The standard InChI is InChI=1S/C15H33NO3/c1-4-7-10-18-12-13-19-11-8-9-15(5-2,14-17)16-6-3/h16-17H,4-14H2,1-3H3. The fourth-order valence-corrected chi connectivity index (χ4v) is 2.09. The Morgan fingerprint density at radius 1 is 0.947 bits per heavy atom. The predicted molar refractivity (Wildman–Crippen MR) is 79.6 cm³/mol. The molecule has 0 rings (SSSR count). The molecule has 4 heteroatoms. The predicted octanol–water partition coefficient (Wildman–Crippen LogP) is 2.35. The van der Waals surface area contributed by atoms with Crippen LogP contribution in [0.2, 0.25) is 0 Å². The Morgan fingerprint density at radius 2 is 1.58 bits per heavy atom. The van der Waals surface area contributed by atoms with Gasteiger partial charge in [-0.1, -0.05) is 27.2 Å². The van der Waals surface area contributed by atoms with E-state index in [0.717, 1.165) is 45.4 Å². The molecule has 0 aliphatic carbocycles. The maximum absolute atomic E-state index is 9.51. The maximum atomic E-state index is 9.51. The van der Waals surface area contributed by atoms with Gasteiger partial charge in [-0.15, -0.1) is 0 Å². The minimum Gasteiger partial charge on any atom is -0.394 e. The van der Waals surface area contributed by atoms with Gasteiger partial charge in [0.1, 0.15) is 0 Å². The fourth-order valence-electron chi connectivity index (χ4n) is 2.09. The molecule has 0 aromatic carbocycles. The average Bonchev–Trinajstić information content (AvgIpc) is 2.44. The Bertz CT molecular complexity index is 184. The van der Waals surface area contributed by atoms with E-state index in [2.05, 4.69) is 26.1 Å². The first-order valence-corrected chi connectivity index (χ1v) is 7.76. The van der Waals surface area contributed by atoms with Gasteiger partial charge in [0.2, 0.25) is 0 Å². The highest BCUT2D eigenvalue weighted by molar-refractivity contribution is 4.85. The fraction of sp³-hybridized carbons (Fsp3) is 1.00. The highest BCUT2D eigenvalue weighted by atomic mass is 16.5. The molecule has 1 atom stereocenters. The van der Waals surface area contributed by atoms with Crippen LogP contribution in [-0.2, 0) is 9.47 Å². The Morgan fingerprint density at radius 3 is 2.05 bits per heavy atom. The van der Waals surface area contributed by atoms with Gasteiger partial charge in [0.15, 0.2) is 0 Å². The van der Waals surface area contributed by atoms with E-state index in [4.69, 9.17) is 9.47 Å². The highest BCUT2D eigenvalue weighted by Crippen LogP contribution is 2.16. The van der Waals surface area contributed by atoms with Crippen molar-refractivity contribution in [3.05, 3.63) is 0 Å². The second kappa shape index (κ2) is 12.9. The molecule has 0 fully saturated rings. The number of aliphatic hydroxyl groups is 1. The molecule has 0 aliphatic heterocycles. The van der Waals surface area contributed by atoms with Gasteiger partial charge in [0.25, 0.3) is 0 Å². The smallest absolute Gasteiger partial charge is 0.0700 e. The summed E-state index contributed by atoms with van der Waals surface area (Å²) < 4.78 is 11.0. The molecule has 0 aromatic heterocycles. The number of rotatable bonds is 14.